The number of carbonyl (C=O) groups excluding carboxylic acids is 1. The lowest BCUT2D eigenvalue weighted by Gasteiger charge is -2.35. The van der Waals surface area contributed by atoms with Gasteiger partial charge in [-0.1, -0.05) is 20.8 Å². The number of likely N-dealkylation sites (tertiary alicyclic amines) is 1. The Hall–Kier alpha value is -1.62. The molecule has 2 aromatic rings. The summed E-state index contributed by atoms with van der Waals surface area (Å²) in [6.07, 6.45) is 5.35. The zero-order valence-electron chi connectivity index (χ0n) is 14.8. The molecule has 1 aliphatic rings. The van der Waals surface area contributed by atoms with E-state index in [-0.39, 0.29) is 5.91 Å². The highest BCUT2D eigenvalue weighted by atomic mass is 32.1. The fourth-order valence-corrected chi connectivity index (χ4v) is 4.62. The first-order chi connectivity index (χ1) is 11.5. The van der Waals surface area contributed by atoms with Gasteiger partial charge in [-0.2, -0.15) is 0 Å². The Morgan fingerprint density at radius 2 is 2.21 bits per heavy atom. The van der Waals surface area contributed by atoms with Crippen molar-refractivity contribution in [2.45, 2.75) is 58.9 Å². The van der Waals surface area contributed by atoms with Gasteiger partial charge in [-0.05, 0) is 50.2 Å². The van der Waals surface area contributed by atoms with Crippen LogP contribution in [0.5, 0.6) is 0 Å². The highest BCUT2D eigenvalue weighted by Gasteiger charge is 2.29. The van der Waals surface area contributed by atoms with Crippen LogP contribution in [-0.4, -0.2) is 28.4 Å². The first kappa shape index (κ1) is 17.2. The number of amides is 1. The molecule has 0 aliphatic carbocycles. The molecule has 4 nitrogen and oxygen atoms in total. The van der Waals surface area contributed by atoms with Crippen molar-refractivity contribution in [3.05, 3.63) is 22.7 Å². The molecule has 1 atom stereocenters. The first-order valence-electron chi connectivity index (χ1n) is 9.00. The summed E-state index contributed by atoms with van der Waals surface area (Å²) in [7, 11) is 0. The Bertz CT molecular complexity index is 738. The Morgan fingerprint density at radius 1 is 1.42 bits per heavy atom. The second-order valence-electron chi connectivity index (χ2n) is 7.15. The maximum absolute atomic E-state index is 13.1. The van der Waals surface area contributed by atoms with E-state index in [4.69, 9.17) is 10.7 Å². The number of hydrogen-bond donors (Lipinski definition) is 1. The minimum absolute atomic E-state index is 0.0902. The largest absolute Gasteiger partial charge is 0.397 e. The van der Waals surface area contributed by atoms with Gasteiger partial charge in [0.25, 0.3) is 5.91 Å². The summed E-state index contributed by atoms with van der Waals surface area (Å²) in [4.78, 5) is 21.4. The van der Waals surface area contributed by atoms with E-state index < -0.39 is 0 Å². The number of nitrogens with two attached hydrogens (primary N) is 1. The maximum Gasteiger partial charge on any atom is 0.266 e. The summed E-state index contributed by atoms with van der Waals surface area (Å²) in [5, 5.41) is 0.918. The smallest absolute Gasteiger partial charge is 0.266 e. The lowest BCUT2D eigenvalue weighted by atomic mass is 9.99. The molecular formula is C19H27N3OS. The van der Waals surface area contributed by atoms with E-state index >= 15 is 0 Å². The average Bonchev–Trinajstić information content (AvgIpc) is 2.90. The number of fused-ring (bicyclic) bond motifs is 1. The van der Waals surface area contributed by atoms with Gasteiger partial charge >= 0.3 is 0 Å². The number of nitrogens with zero attached hydrogens (tertiary/aromatic N) is 2. The van der Waals surface area contributed by atoms with Gasteiger partial charge in [0.2, 0.25) is 0 Å². The highest BCUT2D eigenvalue weighted by molar-refractivity contribution is 7.21. The molecule has 2 N–H and O–H groups in total. The molecule has 130 valence electrons. The van der Waals surface area contributed by atoms with Crippen LogP contribution in [0.2, 0.25) is 0 Å². The van der Waals surface area contributed by atoms with Gasteiger partial charge in [0.15, 0.2) is 0 Å². The molecule has 0 radical (unpaired) electrons. The summed E-state index contributed by atoms with van der Waals surface area (Å²) < 4.78 is 0. The van der Waals surface area contributed by atoms with Crippen molar-refractivity contribution in [3.8, 4) is 0 Å². The van der Waals surface area contributed by atoms with Gasteiger partial charge in [0.05, 0.1) is 5.69 Å². The van der Waals surface area contributed by atoms with Gasteiger partial charge in [-0.3, -0.25) is 4.79 Å². The maximum atomic E-state index is 13.1. The predicted octanol–water partition coefficient (Wildman–Crippen LogP) is 4.48. The van der Waals surface area contributed by atoms with Gasteiger partial charge in [-0.25, -0.2) is 4.98 Å². The quantitative estimate of drug-likeness (QED) is 0.888. The third-order valence-corrected chi connectivity index (χ3v) is 5.93. The summed E-state index contributed by atoms with van der Waals surface area (Å²) in [5.41, 5.74) is 7.98. The van der Waals surface area contributed by atoms with Crippen molar-refractivity contribution in [1.29, 1.82) is 0 Å². The minimum Gasteiger partial charge on any atom is -0.397 e. The van der Waals surface area contributed by atoms with Crippen LogP contribution in [0.15, 0.2) is 12.1 Å². The average molecular weight is 346 g/mol. The molecule has 1 fully saturated rings. The fraction of sp³-hybridized carbons (Fsp3) is 0.579. The van der Waals surface area contributed by atoms with E-state index in [1.165, 1.54) is 17.8 Å². The van der Waals surface area contributed by atoms with Gasteiger partial charge in [0.1, 0.15) is 9.71 Å². The number of rotatable bonds is 4. The van der Waals surface area contributed by atoms with Crippen molar-refractivity contribution in [1.82, 2.24) is 9.88 Å². The SMILES string of the molecule is CCC1CCCCN1C(=O)c1sc2nc(CC(C)C)ccc2c1N. The molecule has 0 saturated carbocycles. The number of thiophene rings is 1. The number of piperidine rings is 1. The minimum atomic E-state index is 0.0902. The summed E-state index contributed by atoms with van der Waals surface area (Å²) in [5.74, 6) is 0.652. The van der Waals surface area contributed by atoms with Crippen LogP contribution < -0.4 is 5.73 Å². The fourth-order valence-electron chi connectivity index (χ4n) is 3.55. The molecule has 1 unspecified atom stereocenters. The van der Waals surface area contributed by atoms with Gasteiger partial charge < -0.3 is 10.6 Å². The standard InChI is InChI=1S/C19H27N3OS/c1-4-14-7-5-6-10-22(14)19(23)17-16(20)15-9-8-13(11-12(2)3)21-18(15)24-17/h8-9,12,14H,4-7,10-11,20H2,1-3H3. The normalized spacial score (nSPS) is 18.5. The molecule has 5 heteroatoms. The summed E-state index contributed by atoms with van der Waals surface area (Å²) in [6, 6.07) is 4.41. The second kappa shape index (κ2) is 7.09. The van der Waals surface area contributed by atoms with Gasteiger partial charge in [0, 0.05) is 23.7 Å². The van der Waals surface area contributed by atoms with E-state index in [2.05, 4.69) is 20.8 Å². The van der Waals surface area contributed by atoms with E-state index in [0.717, 1.165) is 48.1 Å². The molecule has 3 heterocycles. The Balaban J connectivity index is 1.93. The third-order valence-electron chi connectivity index (χ3n) is 4.82. The van der Waals surface area contributed by atoms with Crippen molar-refractivity contribution >= 4 is 33.1 Å². The van der Waals surface area contributed by atoms with Crippen LogP contribution in [-0.2, 0) is 6.42 Å². The zero-order chi connectivity index (χ0) is 17.3. The molecule has 1 amide bonds. The van der Waals surface area contributed by atoms with Crippen molar-refractivity contribution in [2.75, 3.05) is 12.3 Å². The molecule has 2 aromatic heterocycles. The molecule has 3 rings (SSSR count). The third kappa shape index (κ3) is 3.27. The van der Waals surface area contributed by atoms with Crippen LogP contribution in [0.4, 0.5) is 5.69 Å². The van der Waals surface area contributed by atoms with Crippen LogP contribution >= 0.6 is 11.3 Å². The number of nitrogen functional groups attached to an aromatic ring is 1. The van der Waals surface area contributed by atoms with Crippen LogP contribution in [0.3, 0.4) is 0 Å². The zero-order valence-corrected chi connectivity index (χ0v) is 15.7. The van der Waals surface area contributed by atoms with E-state index in [9.17, 15) is 4.79 Å². The summed E-state index contributed by atoms with van der Waals surface area (Å²) >= 11 is 1.45. The summed E-state index contributed by atoms with van der Waals surface area (Å²) in [6.45, 7) is 7.37. The Kier molecular flexibility index (Phi) is 5.09. The van der Waals surface area contributed by atoms with Crippen LogP contribution in [0.1, 0.15) is 61.8 Å². The molecule has 0 bridgehead atoms. The molecule has 0 spiro atoms. The number of anilines is 1. The molecule has 24 heavy (non-hydrogen) atoms. The van der Waals surface area contributed by atoms with E-state index in [0.29, 0.717) is 22.5 Å². The van der Waals surface area contributed by atoms with Crippen LogP contribution in [0.25, 0.3) is 10.2 Å². The highest BCUT2D eigenvalue weighted by Crippen LogP contribution is 2.35. The molecule has 1 saturated heterocycles. The first-order valence-corrected chi connectivity index (χ1v) is 9.81. The van der Waals surface area contributed by atoms with Crippen LogP contribution in [0, 0.1) is 5.92 Å². The monoisotopic (exact) mass is 345 g/mol. The van der Waals surface area contributed by atoms with Gasteiger partial charge in [-0.15, -0.1) is 11.3 Å². The molecule has 0 aromatic carbocycles. The van der Waals surface area contributed by atoms with Crippen molar-refractivity contribution < 1.29 is 4.79 Å². The number of aromatic nitrogens is 1. The molecule has 1 aliphatic heterocycles. The lowest BCUT2D eigenvalue weighted by molar-refractivity contribution is 0.0614. The van der Waals surface area contributed by atoms with Crippen molar-refractivity contribution in [2.24, 2.45) is 5.92 Å². The number of pyridine rings is 1. The lowest BCUT2D eigenvalue weighted by Crippen LogP contribution is -2.43. The topological polar surface area (TPSA) is 59.2 Å². The second-order valence-corrected chi connectivity index (χ2v) is 8.15. The number of hydrogen-bond acceptors (Lipinski definition) is 4. The van der Waals surface area contributed by atoms with Crippen molar-refractivity contribution in [3.63, 3.8) is 0 Å². The van der Waals surface area contributed by atoms with E-state index in [1.807, 2.05) is 17.0 Å². The Labute approximate surface area is 148 Å². The molecular weight excluding hydrogens is 318 g/mol. The van der Waals surface area contributed by atoms with E-state index in [1.54, 1.807) is 0 Å². The number of carbonyl (C=O) groups is 1. The Morgan fingerprint density at radius 3 is 2.92 bits per heavy atom. The predicted molar refractivity (Wildman–Crippen MR) is 102 cm³/mol.